The topological polar surface area (TPSA) is 98.7 Å². The molecule has 0 spiro atoms. The Hall–Kier alpha value is -3.78. The van der Waals surface area contributed by atoms with Crippen molar-refractivity contribution < 1.29 is 4.79 Å². The Bertz CT molecular complexity index is 1340. The Balaban J connectivity index is 1.40. The Morgan fingerprint density at radius 2 is 2.07 bits per heavy atom. The summed E-state index contributed by atoms with van der Waals surface area (Å²) < 4.78 is 1.79. The molecule has 7 nitrogen and oxygen atoms in total. The highest BCUT2D eigenvalue weighted by molar-refractivity contribution is 7.13. The van der Waals surface area contributed by atoms with E-state index in [-0.39, 0.29) is 5.91 Å². The maximum atomic E-state index is 12.1. The summed E-state index contributed by atoms with van der Waals surface area (Å²) in [5, 5.41) is 11.4. The number of benzene rings is 1. The molecule has 0 aliphatic carbocycles. The van der Waals surface area contributed by atoms with E-state index < -0.39 is 0 Å². The van der Waals surface area contributed by atoms with Crippen LogP contribution in [0.4, 0.5) is 5.82 Å². The Morgan fingerprint density at radius 1 is 1.13 bits per heavy atom. The number of hydrogen-bond acceptors (Lipinski definition) is 6. The molecule has 1 amide bonds. The van der Waals surface area contributed by atoms with Gasteiger partial charge in [-0.15, -0.1) is 11.3 Å². The van der Waals surface area contributed by atoms with Crippen molar-refractivity contribution >= 4 is 44.9 Å². The molecule has 0 saturated heterocycles. The summed E-state index contributed by atoms with van der Waals surface area (Å²) in [6, 6.07) is 15.6. The summed E-state index contributed by atoms with van der Waals surface area (Å²) in [5.41, 5.74) is 9.22. The summed E-state index contributed by atoms with van der Waals surface area (Å²) in [6.07, 6.45) is 3.55. The van der Waals surface area contributed by atoms with Gasteiger partial charge < -0.3 is 11.1 Å². The van der Waals surface area contributed by atoms with E-state index in [1.165, 1.54) is 4.88 Å². The highest BCUT2D eigenvalue weighted by Crippen LogP contribution is 2.32. The lowest BCUT2D eigenvalue weighted by Crippen LogP contribution is -2.28. The molecule has 1 aromatic carbocycles. The van der Waals surface area contributed by atoms with Crippen LogP contribution in [0.5, 0.6) is 0 Å². The second-order valence-corrected chi connectivity index (χ2v) is 7.78. The van der Waals surface area contributed by atoms with Crippen molar-refractivity contribution in [3.8, 4) is 10.4 Å². The van der Waals surface area contributed by atoms with Gasteiger partial charge in [-0.05, 0) is 35.2 Å². The molecule has 5 rings (SSSR count). The van der Waals surface area contributed by atoms with Crippen LogP contribution in [0, 0.1) is 0 Å². The SMILES string of the molecule is Nc1nc2cc(-c3cccs3)ccc2c2cn(CCNC(=O)c3ccccn3)nc12. The molecule has 3 N–H and O–H groups in total. The van der Waals surface area contributed by atoms with Crippen molar-refractivity contribution in [3.63, 3.8) is 0 Å². The average molecular weight is 414 g/mol. The van der Waals surface area contributed by atoms with Gasteiger partial charge >= 0.3 is 0 Å². The first-order chi connectivity index (χ1) is 14.7. The monoisotopic (exact) mass is 414 g/mol. The number of aromatic nitrogens is 4. The quantitative estimate of drug-likeness (QED) is 0.457. The normalized spacial score (nSPS) is 11.2. The molecule has 0 saturated carbocycles. The number of nitrogens with one attached hydrogen (secondary N) is 1. The molecule has 148 valence electrons. The average Bonchev–Trinajstić information content (AvgIpc) is 3.45. The fourth-order valence-corrected chi connectivity index (χ4v) is 4.15. The van der Waals surface area contributed by atoms with Gasteiger partial charge in [-0.2, -0.15) is 5.10 Å². The number of nitrogens with two attached hydrogens (primary N) is 1. The number of fused-ring (bicyclic) bond motifs is 3. The van der Waals surface area contributed by atoms with Gasteiger partial charge in [-0.25, -0.2) is 4.98 Å². The van der Waals surface area contributed by atoms with Crippen molar-refractivity contribution in [1.29, 1.82) is 0 Å². The molecule has 4 aromatic heterocycles. The number of nitrogens with zero attached hydrogens (tertiary/aromatic N) is 4. The predicted molar refractivity (Wildman–Crippen MR) is 119 cm³/mol. The second kappa shape index (κ2) is 7.57. The lowest BCUT2D eigenvalue weighted by molar-refractivity contribution is 0.0947. The minimum atomic E-state index is -0.208. The van der Waals surface area contributed by atoms with Gasteiger partial charge in [0.25, 0.3) is 5.91 Å². The summed E-state index contributed by atoms with van der Waals surface area (Å²) in [6.45, 7) is 0.943. The van der Waals surface area contributed by atoms with Crippen molar-refractivity contribution in [1.82, 2.24) is 25.1 Å². The van der Waals surface area contributed by atoms with E-state index in [1.807, 2.05) is 12.3 Å². The van der Waals surface area contributed by atoms with E-state index in [0.29, 0.717) is 30.1 Å². The minimum absolute atomic E-state index is 0.208. The predicted octanol–water partition coefficient (Wildman–Crippen LogP) is 3.72. The molecule has 0 radical (unpaired) electrons. The minimum Gasteiger partial charge on any atom is -0.382 e. The van der Waals surface area contributed by atoms with Crippen LogP contribution in [0.2, 0.25) is 0 Å². The third-order valence-electron chi connectivity index (χ3n) is 4.86. The lowest BCUT2D eigenvalue weighted by atomic mass is 10.1. The van der Waals surface area contributed by atoms with E-state index in [9.17, 15) is 4.79 Å². The van der Waals surface area contributed by atoms with Crippen LogP contribution >= 0.6 is 11.3 Å². The first-order valence-corrected chi connectivity index (χ1v) is 10.4. The number of anilines is 1. The van der Waals surface area contributed by atoms with E-state index in [0.717, 1.165) is 21.9 Å². The number of carbonyl (C=O) groups is 1. The second-order valence-electron chi connectivity index (χ2n) is 6.83. The first kappa shape index (κ1) is 18.3. The molecule has 0 unspecified atom stereocenters. The van der Waals surface area contributed by atoms with Crippen LogP contribution in [0.1, 0.15) is 10.5 Å². The third kappa shape index (κ3) is 3.37. The standard InChI is InChI=1S/C22H18N6OS/c23-21-20-16(15-7-6-14(12-18(15)26-21)19-5-3-11-30-19)13-28(27-20)10-9-25-22(29)17-4-1-2-8-24-17/h1-8,11-13H,9-10H2,(H2,23,26)(H,25,29). The Labute approximate surface area is 176 Å². The molecular weight excluding hydrogens is 396 g/mol. The molecule has 4 heterocycles. The summed E-state index contributed by atoms with van der Waals surface area (Å²) in [5.74, 6) is 0.192. The number of nitrogen functional groups attached to an aromatic ring is 1. The van der Waals surface area contributed by atoms with Gasteiger partial charge in [-0.1, -0.05) is 24.3 Å². The summed E-state index contributed by atoms with van der Waals surface area (Å²) in [4.78, 5) is 21.9. The van der Waals surface area contributed by atoms with Crippen LogP contribution in [0.15, 0.2) is 66.3 Å². The van der Waals surface area contributed by atoms with Gasteiger partial charge in [0.05, 0.1) is 12.1 Å². The van der Waals surface area contributed by atoms with Crippen LogP contribution in [0.25, 0.3) is 32.2 Å². The first-order valence-electron chi connectivity index (χ1n) is 9.48. The number of amides is 1. The number of thiophene rings is 1. The lowest BCUT2D eigenvalue weighted by Gasteiger charge is -2.04. The van der Waals surface area contributed by atoms with E-state index in [2.05, 4.69) is 50.0 Å². The fraction of sp³-hybridized carbons (Fsp3) is 0.0909. The van der Waals surface area contributed by atoms with E-state index in [4.69, 9.17) is 5.73 Å². The zero-order valence-electron chi connectivity index (χ0n) is 15.9. The van der Waals surface area contributed by atoms with Crippen LogP contribution in [0.3, 0.4) is 0 Å². The number of hydrogen-bond donors (Lipinski definition) is 2. The highest BCUT2D eigenvalue weighted by atomic mass is 32.1. The Kier molecular flexibility index (Phi) is 4.61. The maximum Gasteiger partial charge on any atom is 0.269 e. The van der Waals surface area contributed by atoms with E-state index in [1.54, 1.807) is 40.4 Å². The summed E-state index contributed by atoms with van der Waals surface area (Å²) in [7, 11) is 0. The molecule has 0 bridgehead atoms. The molecule has 0 atom stereocenters. The number of pyridine rings is 2. The molecule has 0 aliphatic heterocycles. The maximum absolute atomic E-state index is 12.1. The molecule has 0 aliphatic rings. The van der Waals surface area contributed by atoms with Gasteiger partial charge in [-0.3, -0.25) is 14.5 Å². The largest absolute Gasteiger partial charge is 0.382 e. The van der Waals surface area contributed by atoms with E-state index >= 15 is 0 Å². The van der Waals surface area contributed by atoms with Crippen LogP contribution in [-0.4, -0.2) is 32.2 Å². The summed E-state index contributed by atoms with van der Waals surface area (Å²) >= 11 is 1.69. The molecule has 30 heavy (non-hydrogen) atoms. The van der Waals surface area contributed by atoms with Crippen molar-refractivity contribution in [2.45, 2.75) is 6.54 Å². The van der Waals surface area contributed by atoms with Gasteiger partial charge in [0, 0.05) is 34.6 Å². The molecule has 8 heteroatoms. The van der Waals surface area contributed by atoms with Gasteiger partial charge in [0.1, 0.15) is 11.2 Å². The third-order valence-corrected chi connectivity index (χ3v) is 5.78. The van der Waals surface area contributed by atoms with Crippen LogP contribution in [-0.2, 0) is 6.54 Å². The van der Waals surface area contributed by atoms with Gasteiger partial charge in [0.15, 0.2) is 5.82 Å². The van der Waals surface area contributed by atoms with Crippen LogP contribution < -0.4 is 11.1 Å². The zero-order chi connectivity index (χ0) is 20.5. The molecule has 5 aromatic rings. The number of carbonyl (C=O) groups excluding carboxylic acids is 1. The Morgan fingerprint density at radius 3 is 2.87 bits per heavy atom. The van der Waals surface area contributed by atoms with Crippen molar-refractivity contribution in [3.05, 3.63) is 72.0 Å². The van der Waals surface area contributed by atoms with Crippen molar-refractivity contribution in [2.24, 2.45) is 0 Å². The number of rotatable bonds is 5. The fourth-order valence-electron chi connectivity index (χ4n) is 3.42. The molecular formula is C22H18N6OS. The highest BCUT2D eigenvalue weighted by Gasteiger charge is 2.12. The van der Waals surface area contributed by atoms with Crippen molar-refractivity contribution in [2.75, 3.05) is 12.3 Å². The zero-order valence-corrected chi connectivity index (χ0v) is 16.8. The smallest absolute Gasteiger partial charge is 0.269 e. The molecule has 0 fully saturated rings. The van der Waals surface area contributed by atoms with Gasteiger partial charge in [0.2, 0.25) is 0 Å².